The second-order valence-electron chi connectivity index (χ2n) is 12.0. The molecule has 7 atom stereocenters. The molecule has 0 aromatic rings. The highest BCUT2D eigenvalue weighted by molar-refractivity contribution is 5.80. The summed E-state index contributed by atoms with van der Waals surface area (Å²) in [6, 6.07) is -1.10. The molecule has 3 heterocycles. The molecule has 0 unspecified atom stereocenters. The van der Waals surface area contributed by atoms with Crippen molar-refractivity contribution in [1.82, 2.24) is 15.1 Å². The molecule has 3 saturated heterocycles. The molecular weight excluding hydrogens is 528 g/mol. The highest BCUT2D eigenvalue weighted by atomic mass is 16.6. The summed E-state index contributed by atoms with van der Waals surface area (Å²) in [5.41, 5.74) is 2.72. The number of rotatable bonds is 8. The van der Waals surface area contributed by atoms with Gasteiger partial charge >= 0.3 is 12.1 Å². The maximum absolute atomic E-state index is 13.2. The van der Waals surface area contributed by atoms with E-state index < -0.39 is 65.2 Å². The minimum absolute atomic E-state index is 0.0691. The lowest BCUT2D eigenvalue weighted by atomic mass is 9.81. The summed E-state index contributed by atoms with van der Waals surface area (Å²) in [4.78, 5) is 41.6. The summed E-state index contributed by atoms with van der Waals surface area (Å²) < 4.78 is 22.6. The lowest BCUT2D eigenvalue weighted by molar-refractivity contribution is -0.232. The molecule has 3 aliphatic heterocycles. The summed E-state index contributed by atoms with van der Waals surface area (Å²) in [6.07, 6.45) is -5.59. The van der Waals surface area contributed by atoms with E-state index in [1.807, 2.05) is 20.8 Å². The first kappa shape index (κ1) is 32.4. The van der Waals surface area contributed by atoms with Crippen LogP contribution in [0.25, 0.3) is 0 Å². The molecule has 1 spiro atoms. The Morgan fingerprint density at radius 3 is 2.52 bits per heavy atom. The van der Waals surface area contributed by atoms with E-state index in [1.54, 1.807) is 4.90 Å². The van der Waals surface area contributed by atoms with E-state index in [0.29, 0.717) is 45.8 Å². The fourth-order valence-corrected chi connectivity index (χ4v) is 5.84. The molecule has 40 heavy (non-hydrogen) atoms. The van der Waals surface area contributed by atoms with Crippen molar-refractivity contribution >= 4 is 18.0 Å². The van der Waals surface area contributed by atoms with Gasteiger partial charge in [-0.25, -0.2) is 9.59 Å². The van der Waals surface area contributed by atoms with Crippen LogP contribution in [-0.2, 0) is 28.5 Å². The lowest BCUT2D eigenvalue weighted by Crippen LogP contribution is -2.68. The number of hydrogen-bond acceptors (Lipinski definition) is 12. The van der Waals surface area contributed by atoms with Gasteiger partial charge in [0.2, 0.25) is 5.91 Å². The largest absolute Gasteiger partial charge is 0.467 e. The van der Waals surface area contributed by atoms with Crippen molar-refractivity contribution in [3.63, 3.8) is 0 Å². The predicted molar refractivity (Wildman–Crippen MR) is 141 cm³/mol. The minimum Gasteiger partial charge on any atom is -0.467 e. The van der Waals surface area contributed by atoms with Crippen molar-refractivity contribution in [3.05, 3.63) is 0 Å². The van der Waals surface area contributed by atoms with Gasteiger partial charge in [-0.3, -0.25) is 9.69 Å². The number of likely N-dealkylation sites (tertiary alicyclic amines) is 1. The molecular formula is C26H46N4O10. The van der Waals surface area contributed by atoms with Crippen molar-refractivity contribution in [3.8, 4) is 0 Å². The van der Waals surface area contributed by atoms with Gasteiger partial charge in [-0.15, -0.1) is 0 Å². The summed E-state index contributed by atoms with van der Waals surface area (Å²) in [6.45, 7) is 8.93. The van der Waals surface area contributed by atoms with E-state index in [4.69, 9.17) is 24.7 Å². The molecule has 230 valence electrons. The number of nitrogens with zero attached hydrogens (tertiary/aromatic N) is 2. The van der Waals surface area contributed by atoms with E-state index in [-0.39, 0.29) is 19.4 Å². The number of nitrogens with one attached hydrogen (secondary N) is 1. The monoisotopic (exact) mass is 574 g/mol. The number of aliphatic hydroxyl groups is 3. The molecule has 0 bridgehead atoms. The average Bonchev–Trinajstić information content (AvgIpc) is 3.31. The zero-order valence-corrected chi connectivity index (χ0v) is 24.1. The van der Waals surface area contributed by atoms with Crippen LogP contribution in [0.2, 0.25) is 0 Å². The summed E-state index contributed by atoms with van der Waals surface area (Å²) >= 11 is 0. The number of nitrogens with two attached hydrogens (primary N) is 1. The first-order valence-electron chi connectivity index (χ1n) is 13.8. The van der Waals surface area contributed by atoms with E-state index in [0.717, 1.165) is 0 Å². The molecule has 3 fully saturated rings. The second kappa shape index (κ2) is 12.8. The number of amides is 2. The molecule has 3 rings (SSSR count). The van der Waals surface area contributed by atoms with Crippen molar-refractivity contribution in [2.75, 3.05) is 53.0 Å². The Kier molecular flexibility index (Phi) is 10.4. The van der Waals surface area contributed by atoms with Crippen LogP contribution in [0.5, 0.6) is 0 Å². The first-order valence-corrected chi connectivity index (χ1v) is 13.8. The van der Waals surface area contributed by atoms with Gasteiger partial charge in [0, 0.05) is 52.5 Å². The average molecular weight is 575 g/mol. The summed E-state index contributed by atoms with van der Waals surface area (Å²) in [7, 11) is 1.20. The van der Waals surface area contributed by atoms with Crippen LogP contribution in [0.1, 0.15) is 47.0 Å². The topological polar surface area (TPSA) is 193 Å². The third kappa shape index (κ3) is 7.22. The van der Waals surface area contributed by atoms with Crippen molar-refractivity contribution < 1.29 is 48.7 Å². The quantitative estimate of drug-likeness (QED) is 0.207. The Balaban J connectivity index is 1.83. The Morgan fingerprint density at radius 2 is 1.93 bits per heavy atom. The lowest BCUT2D eigenvalue weighted by Gasteiger charge is -2.49. The van der Waals surface area contributed by atoms with Gasteiger partial charge in [-0.1, -0.05) is 0 Å². The number of aliphatic hydroxyl groups excluding tert-OH is 3. The number of carbonyl (C=O) groups excluding carboxylic acids is 3. The highest BCUT2D eigenvalue weighted by Gasteiger charge is 2.56. The van der Waals surface area contributed by atoms with Gasteiger partial charge in [-0.05, 0) is 27.2 Å². The molecule has 0 saturated carbocycles. The number of methoxy groups -OCH3 is 1. The molecule has 2 amide bonds. The fourth-order valence-electron chi connectivity index (χ4n) is 5.84. The second-order valence-corrected chi connectivity index (χ2v) is 12.0. The number of esters is 1. The number of hydrogen-bond donors (Lipinski definition) is 5. The maximum atomic E-state index is 13.2. The molecule has 14 heteroatoms. The summed E-state index contributed by atoms with van der Waals surface area (Å²) in [5, 5.41) is 34.7. The SMILES string of the molecule is COC(=O)[C@@]1(CCN2CCOC[C@@]23CCN(C(=O)OC(C)(C)C)C3)C[C@H](O)[C@@H](NC(C)=O)[C@H]([C@H](O)[C@H](O)CN)O1. The predicted octanol–water partition coefficient (Wildman–Crippen LogP) is -1.66. The number of morpholine rings is 1. The van der Waals surface area contributed by atoms with Gasteiger partial charge in [-0.2, -0.15) is 0 Å². The summed E-state index contributed by atoms with van der Waals surface area (Å²) in [5.74, 6) is -1.24. The molecule has 0 aromatic carbocycles. The third-order valence-corrected chi connectivity index (χ3v) is 7.89. The Bertz CT molecular complexity index is 916. The van der Waals surface area contributed by atoms with Crippen LogP contribution in [0.4, 0.5) is 4.79 Å². The van der Waals surface area contributed by atoms with Crippen LogP contribution >= 0.6 is 0 Å². The minimum atomic E-state index is -1.69. The fraction of sp³-hybridized carbons (Fsp3) is 0.885. The van der Waals surface area contributed by atoms with Crippen LogP contribution in [-0.4, -0.2) is 143 Å². The Hall–Kier alpha value is -2.07. The maximum Gasteiger partial charge on any atom is 0.410 e. The molecule has 0 aromatic heterocycles. The van der Waals surface area contributed by atoms with Gasteiger partial charge in [0.15, 0.2) is 5.60 Å². The normalized spacial score (nSPS) is 32.9. The zero-order chi connectivity index (χ0) is 29.9. The van der Waals surface area contributed by atoms with E-state index in [2.05, 4.69) is 10.2 Å². The first-order chi connectivity index (χ1) is 18.7. The highest BCUT2D eigenvalue weighted by Crippen LogP contribution is 2.38. The number of ether oxygens (including phenoxy) is 4. The smallest absolute Gasteiger partial charge is 0.410 e. The molecule has 6 N–H and O–H groups in total. The van der Waals surface area contributed by atoms with E-state index in [9.17, 15) is 29.7 Å². The van der Waals surface area contributed by atoms with E-state index in [1.165, 1.54) is 14.0 Å². The number of carbonyl (C=O) groups is 3. The van der Waals surface area contributed by atoms with Crippen molar-refractivity contribution in [1.29, 1.82) is 0 Å². The standard InChI is InChI=1S/C26H46N4O10/c1-16(31)28-19-17(32)12-26(22(35)37-5,39-21(19)20(34)18(33)13-27)7-9-30-10-11-38-15-25(30)6-8-29(14-25)23(36)40-24(2,3)4/h17-21,32-34H,6-15,27H2,1-5H3,(H,28,31)/t17-,18+,19+,20+,21+,25-,26+/m0/s1. The van der Waals surface area contributed by atoms with Crippen molar-refractivity contribution in [2.45, 2.75) is 94.2 Å². The molecule has 0 radical (unpaired) electrons. The van der Waals surface area contributed by atoms with Crippen LogP contribution in [0, 0.1) is 0 Å². The molecule has 14 nitrogen and oxygen atoms in total. The van der Waals surface area contributed by atoms with Crippen LogP contribution in [0.15, 0.2) is 0 Å². The van der Waals surface area contributed by atoms with E-state index >= 15 is 0 Å². The van der Waals surface area contributed by atoms with Crippen LogP contribution < -0.4 is 11.1 Å². The molecule has 3 aliphatic rings. The van der Waals surface area contributed by atoms with Gasteiger partial charge < -0.3 is 50.2 Å². The van der Waals surface area contributed by atoms with Crippen molar-refractivity contribution in [2.24, 2.45) is 5.73 Å². The van der Waals surface area contributed by atoms with Gasteiger partial charge in [0.25, 0.3) is 0 Å². The van der Waals surface area contributed by atoms with Crippen LogP contribution in [0.3, 0.4) is 0 Å². The Labute approximate surface area is 235 Å². The molecule has 0 aliphatic carbocycles. The van der Waals surface area contributed by atoms with Gasteiger partial charge in [0.1, 0.15) is 17.8 Å². The van der Waals surface area contributed by atoms with Gasteiger partial charge in [0.05, 0.1) is 44.1 Å². The third-order valence-electron chi connectivity index (χ3n) is 7.89. The Morgan fingerprint density at radius 1 is 1.23 bits per heavy atom. The zero-order valence-electron chi connectivity index (χ0n) is 24.1.